The average Bonchev–Trinajstić information content (AvgIpc) is 2.47. The predicted molar refractivity (Wildman–Crippen MR) is 87.7 cm³/mol. The summed E-state index contributed by atoms with van der Waals surface area (Å²) in [5.74, 6) is 0.220. The smallest absolute Gasteiger partial charge is 0.217 e. The van der Waals surface area contributed by atoms with E-state index in [9.17, 15) is 4.79 Å². The molecule has 1 atom stereocenters. The molecule has 1 aromatic rings. The number of hydrogen-bond donors (Lipinski definition) is 2. The second-order valence-corrected chi connectivity index (χ2v) is 6.23. The van der Waals surface area contributed by atoms with Crippen LogP contribution in [0.5, 0.6) is 0 Å². The van der Waals surface area contributed by atoms with Gasteiger partial charge in [0.05, 0.1) is 10.7 Å². The number of nitrogens with zero attached hydrogens (tertiary/aromatic N) is 1. The number of anilines is 1. The summed E-state index contributed by atoms with van der Waals surface area (Å²) < 4.78 is 0. The van der Waals surface area contributed by atoms with Crippen molar-refractivity contribution < 1.29 is 4.79 Å². The number of nitrogens with one attached hydrogen (secondary N) is 1. The van der Waals surface area contributed by atoms with E-state index in [1.165, 1.54) is 5.56 Å². The first kappa shape index (κ1) is 16.1. The van der Waals surface area contributed by atoms with Crippen molar-refractivity contribution in [1.82, 2.24) is 5.32 Å². The van der Waals surface area contributed by atoms with Crippen molar-refractivity contribution in [2.24, 2.45) is 11.7 Å². The number of benzene rings is 1. The maximum atomic E-state index is 11.0. The second kappa shape index (κ2) is 7.14. The highest BCUT2D eigenvalue weighted by Gasteiger charge is 2.22. The van der Waals surface area contributed by atoms with Gasteiger partial charge < -0.3 is 16.0 Å². The summed E-state index contributed by atoms with van der Waals surface area (Å²) in [6, 6.07) is 6.54. The van der Waals surface area contributed by atoms with Crippen molar-refractivity contribution in [1.29, 1.82) is 0 Å². The second-order valence-electron chi connectivity index (χ2n) is 5.82. The molecule has 21 heavy (non-hydrogen) atoms. The molecule has 116 valence electrons. The molecule has 1 aromatic carbocycles. The fraction of sp³-hybridized carbons (Fsp3) is 0.562. The first-order valence-electron chi connectivity index (χ1n) is 7.51. The number of rotatable bonds is 5. The molecule has 0 spiro atoms. The largest absolute Gasteiger partial charge is 0.370 e. The van der Waals surface area contributed by atoms with E-state index in [0.29, 0.717) is 12.3 Å². The Kier molecular flexibility index (Phi) is 5.48. The Morgan fingerprint density at radius 3 is 2.67 bits per heavy atom. The zero-order valence-electron chi connectivity index (χ0n) is 12.7. The van der Waals surface area contributed by atoms with Crippen molar-refractivity contribution in [3.63, 3.8) is 0 Å². The number of halogens is 1. The van der Waals surface area contributed by atoms with Crippen molar-refractivity contribution in [3.8, 4) is 0 Å². The van der Waals surface area contributed by atoms with Crippen LogP contribution in [-0.4, -0.2) is 26.0 Å². The standard InChI is InChI=1S/C16H24ClN3O/c1-11(19-2)13-3-4-15(14(17)10-13)20-7-5-12(6-8-20)9-16(18)21/h3-4,10-12,19H,5-9H2,1-2H3,(H2,18,21). The van der Waals surface area contributed by atoms with Gasteiger partial charge in [-0.25, -0.2) is 0 Å². The van der Waals surface area contributed by atoms with E-state index < -0.39 is 0 Å². The molecule has 1 fully saturated rings. The fourth-order valence-electron chi connectivity index (χ4n) is 2.88. The maximum absolute atomic E-state index is 11.0. The molecule has 1 unspecified atom stereocenters. The van der Waals surface area contributed by atoms with E-state index in [4.69, 9.17) is 17.3 Å². The highest BCUT2D eigenvalue weighted by Crippen LogP contribution is 2.32. The van der Waals surface area contributed by atoms with Gasteiger partial charge in [0.2, 0.25) is 5.91 Å². The molecule has 0 aliphatic carbocycles. The minimum atomic E-state index is -0.197. The highest BCUT2D eigenvalue weighted by atomic mass is 35.5. The SMILES string of the molecule is CNC(C)c1ccc(N2CCC(CC(N)=O)CC2)c(Cl)c1. The molecule has 0 saturated carbocycles. The van der Waals surface area contributed by atoms with Crippen molar-refractivity contribution in [3.05, 3.63) is 28.8 Å². The molecule has 0 aromatic heterocycles. The van der Waals surface area contributed by atoms with Crippen LogP contribution >= 0.6 is 11.6 Å². The molecule has 0 radical (unpaired) electrons. The number of primary amides is 1. The van der Waals surface area contributed by atoms with E-state index >= 15 is 0 Å². The Hall–Kier alpha value is -1.26. The van der Waals surface area contributed by atoms with Gasteiger partial charge >= 0.3 is 0 Å². The van der Waals surface area contributed by atoms with Crippen molar-refractivity contribution >= 4 is 23.2 Å². The zero-order chi connectivity index (χ0) is 15.4. The number of carbonyl (C=O) groups is 1. The Morgan fingerprint density at radius 2 is 2.14 bits per heavy atom. The van der Waals surface area contributed by atoms with Crippen LogP contribution in [0.15, 0.2) is 18.2 Å². The summed E-state index contributed by atoms with van der Waals surface area (Å²) in [6.45, 7) is 3.97. The third kappa shape index (κ3) is 4.11. The van der Waals surface area contributed by atoms with Gasteiger partial charge in [-0.3, -0.25) is 4.79 Å². The third-order valence-electron chi connectivity index (χ3n) is 4.35. The molecule has 2 rings (SSSR count). The summed E-state index contributed by atoms with van der Waals surface area (Å²) in [7, 11) is 1.94. The van der Waals surface area contributed by atoms with Gasteiger partial charge in [-0.2, -0.15) is 0 Å². The lowest BCUT2D eigenvalue weighted by molar-refractivity contribution is -0.119. The van der Waals surface area contributed by atoms with Gasteiger partial charge in [-0.05, 0) is 50.4 Å². The highest BCUT2D eigenvalue weighted by molar-refractivity contribution is 6.33. The zero-order valence-corrected chi connectivity index (χ0v) is 13.5. The number of piperidine rings is 1. The van der Waals surface area contributed by atoms with Gasteiger partial charge in [0.25, 0.3) is 0 Å². The number of nitrogens with two attached hydrogens (primary N) is 1. The molecular weight excluding hydrogens is 286 g/mol. The van der Waals surface area contributed by atoms with Gasteiger partial charge in [0, 0.05) is 25.6 Å². The molecular formula is C16H24ClN3O. The Labute approximate surface area is 131 Å². The fourth-order valence-corrected chi connectivity index (χ4v) is 3.19. The number of hydrogen-bond acceptors (Lipinski definition) is 3. The molecule has 4 nitrogen and oxygen atoms in total. The van der Waals surface area contributed by atoms with Crippen LogP contribution in [-0.2, 0) is 4.79 Å². The van der Waals surface area contributed by atoms with E-state index in [1.54, 1.807) is 0 Å². The van der Waals surface area contributed by atoms with Gasteiger partial charge in [-0.15, -0.1) is 0 Å². The molecule has 1 aliphatic heterocycles. The Morgan fingerprint density at radius 1 is 1.48 bits per heavy atom. The minimum Gasteiger partial charge on any atom is -0.370 e. The topological polar surface area (TPSA) is 58.4 Å². The Bertz CT molecular complexity index is 498. The van der Waals surface area contributed by atoms with Crippen LogP contribution in [0.2, 0.25) is 5.02 Å². The lowest BCUT2D eigenvalue weighted by Gasteiger charge is -2.34. The third-order valence-corrected chi connectivity index (χ3v) is 4.65. The first-order valence-corrected chi connectivity index (χ1v) is 7.89. The summed E-state index contributed by atoms with van der Waals surface area (Å²) in [4.78, 5) is 13.3. The van der Waals surface area contributed by atoms with Crippen molar-refractivity contribution in [2.75, 3.05) is 25.0 Å². The molecule has 1 aliphatic rings. The average molecular weight is 310 g/mol. The monoisotopic (exact) mass is 309 g/mol. The number of amides is 1. The van der Waals surface area contributed by atoms with Gasteiger partial charge in [0.1, 0.15) is 0 Å². The van der Waals surface area contributed by atoms with Crippen molar-refractivity contribution in [2.45, 2.75) is 32.2 Å². The summed E-state index contributed by atoms with van der Waals surface area (Å²) in [6.07, 6.45) is 2.49. The molecule has 5 heteroatoms. The molecule has 3 N–H and O–H groups in total. The number of carbonyl (C=O) groups excluding carboxylic acids is 1. The lowest BCUT2D eigenvalue weighted by atomic mass is 9.93. The first-order chi connectivity index (χ1) is 10.0. The maximum Gasteiger partial charge on any atom is 0.217 e. The molecule has 1 saturated heterocycles. The van der Waals surface area contributed by atoms with E-state index in [1.807, 2.05) is 13.1 Å². The van der Waals surface area contributed by atoms with Crippen LogP contribution in [0.25, 0.3) is 0 Å². The molecule has 1 amide bonds. The molecule has 0 bridgehead atoms. The predicted octanol–water partition coefficient (Wildman–Crippen LogP) is 2.71. The van der Waals surface area contributed by atoms with E-state index in [2.05, 4.69) is 29.3 Å². The minimum absolute atomic E-state index is 0.197. The lowest BCUT2D eigenvalue weighted by Crippen LogP contribution is -2.35. The normalized spacial score (nSPS) is 17.8. The van der Waals surface area contributed by atoms with Crippen LogP contribution in [0.4, 0.5) is 5.69 Å². The van der Waals surface area contributed by atoms with Gasteiger partial charge in [0.15, 0.2) is 0 Å². The van der Waals surface area contributed by atoms with Crippen LogP contribution in [0, 0.1) is 5.92 Å². The quantitative estimate of drug-likeness (QED) is 0.879. The van der Waals surface area contributed by atoms with E-state index in [0.717, 1.165) is 36.6 Å². The van der Waals surface area contributed by atoms with Gasteiger partial charge in [-0.1, -0.05) is 17.7 Å². The van der Waals surface area contributed by atoms with Crippen LogP contribution in [0.1, 0.15) is 37.8 Å². The van der Waals surface area contributed by atoms with Crippen LogP contribution < -0.4 is 16.0 Å². The molecule has 1 heterocycles. The summed E-state index contributed by atoms with van der Waals surface area (Å²) in [5.41, 5.74) is 7.55. The summed E-state index contributed by atoms with van der Waals surface area (Å²) >= 11 is 6.44. The van der Waals surface area contributed by atoms with E-state index in [-0.39, 0.29) is 11.9 Å². The Balaban J connectivity index is 2.02. The van der Waals surface area contributed by atoms with Crippen LogP contribution in [0.3, 0.4) is 0 Å². The summed E-state index contributed by atoms with van der Waals surface area (Å²) in [5, 5.41) is 4.01.